The molecule has 0 aliphatic carbocycles. The van der Waals surface area contributed by atoms with E-state index in [-0.39, 0.29) is 5.82 Å². The Morgan fingerprint density at radius 1 is 0.900 bits per heavy atom. The van der Waals surface area contributed by atoms with Crippen molar-refractivity contribution < 1.29 is 4.39 Å². The van der Waals surface area contributed by atoms with Crippen molar-refractivity contribution in [1.82, 2.24) is 19.5 Å². The van der Waals surface area contributed by atoms with E-state index in [0.29, 0.717) is 5.69 Å². The fraction of sp³-hybridized carbons (Fsp3) is 0.250. The summed E-state index contributed by atoms with van der Waals surface area (Å²) < 4.78 is 15.5. The molecule has 2 aromatic heterocycles. The molecule has 2 aromatic carbocycles. The Morgan fingerprint density at radius 3 is 2.40 bits per heavy atom. The Hall–Kier alpha value is -3.25. The van der Waals surface area contributed by atoms with Crippen molar-refractivity contribution in [1.29, 1.82) is 0 Å². The van der Waals surface area contributed by atoms with Crippen LogP contribution in [0, 0.1) is 5.82 Å². The number of nitrogens with one attached hydrogen (secondary N) is 1. The van der Waals surface area contributed by atoms with Crippen LogP contribution in [0.2, 0.25) is 0 Å². The summed E-state index contributed by atoms with van der Waals surface area (Å²) in [4.78, 5) is 7.17. The molecule has 2 heterocycles. The van der Waals surface area contributed by atoms with Gasteiger partial charge in [0.05, 0.1) is 11.4 Å². The fourth-order valence-corrected chi connectivity index (χ4v) is 3.53. The number of nitrogens with zero attached hydrogens (tertiary/aromatic N) is 4. The molecule has 30 heavy (non-hydrogen) atoms. The van der Waals surface area contributed by atoms with E-state index in [1.165, 1.54) is 12.1 Å². The average Bonchev–Trinajstić information content (AvgIpc) is 3.22. The van der Waals surface area contributed by atoms with Crippen LogP contribution in [0.4, 0.5) is 10.2 Å². The normalized spacial score (nSPS) is 11.3. The second-order valence-electron chi connectivity index (χ2n) is 7.16. The van der Waals surface area contributed by atoms with E-state index >= 15 is 0 Å². The van der Waals surface area contributed by atoms with Crippen LogP contribution in [-0.2, 0) is 0 Å². The lowest BCUT2D eigenvalue weighted by atomic mass is 10.1. The van der Waals surface area contributed by atoms with Crippen LogP contribution in [0.3, 0.4) is 0 Å². The van der Waals surface area contributed by atoms with Crippen LogP contribution < -0.4 is 5.32 Å². The number of hydrogen-bond donors (Lipinski definition) is 1. The van der Waals surface area contributed by atoms with Crippen molar-refractivity contribution in [2.75, 3.05) is 31.5 Å². The number of anilines is 1. The Balaban J connectivity index is 1.74. The van der Waals surface area contributed by atoms with Crippen LogP contribution in [-0.4, -0.2) is 45.7 Å². The van der Waals surface area contributed by atoms with Gasteiger partial charge in [-0.3, -0.25) is 0 Å². The molecular weight excluding hydrogens is 377 g/mol. The average molecular weight is 404 g/mol. The van der Waals surface area contributed by atoms with Crippen LogP contribution in [0.1, 0.15) is 13.8 Å². The molecule has 1 N–H and O–H groups in total. The number of benzene rings is 2. The van der Waals surface area contributed by atoms with E-state index in [4.69, 9.17) is 10.1 Å². The summed E-state index contributed by atoms with van der Waals surface area (Å²) in [6.07, 6.45) is 0. The molecule has 0 unspecified atom stereocenters. The molecule has 0 atom stereocenters. The Bertz CT molecular complexity index is 1120. The predicted octanol–water partition coefficient (Wildman–Crippen LogP) is 4.96. The minimum atomic E-state index is -0.278. The highest BCUT2D eigenvalue weighted by molar-refractivity contribution is 5.70. The molecule has 0 bridgehead atoms. The van der Waals surface area contributed by atoms with Crippen molar-refractivity contribution in [3.8, 4) is 22.5 Å². The summed E-state index contributed by atoms with van der Waals surface area (Å²) >= 11 is 0. The maximum atomic E-state index is 13.7. The smallest absolute Gasteiger partial charge is 0.158 e. The zero-order valence-corrected chi connectivity index (χ0v) is 17.3. The standard InChI is InChI=1S/C24H26FN5/c1-3-29(4-2)14-13-26-23-16-21(18-9-6-5-7-10-18)27-24-17-22(28-30(23)24)19-11-8-12-20(25)15-19/h5-12,15-17,26H,3-4,13-14H2,1-2H3. The first-order chi connectivity index (χ1) is 14.7. The van der Waals surface area contributed by atoms with Gasteiger partial charge in [0.15, 0.2) is 5.65 Å². The van der Waals surface area contributed by atoms with Crippen LogP contribution in [0.15, 0.2) is 66.7 Å². The first kappa shape index (κ1) is 20.0. The summed E-state index contributed by atoms with van der Waals surface area (Å²) in [5.41, 5.74) is 4.07. The number of aromatic nitrogens is 3. The third kappa shape index (κ3) is 4.33. The molecule has 0 amide bonds. The quantitative estimate of drug-likeness (QED) is 0.452. The predicted molar refractivity (Wildman–Crippen MR) is 120 cm³/mol. The molecule has 5 nitrogen and oxygen atoms in total. The molecule has 0 aliphatic heterocycles. The molecule has 0 spiro atoms. The van der Waals surface area contributed by atoms with E-state index in [0.717, 1.165) is 54.5 Å². The number of likely N-dealkylation sites (N-methyl/N-ethyl adjacent to an activating group) is 1. The van der Waals surface area contributed by atoms with Crippen LogP contribution in [0.25, 0.3) is 28.2 Å². The summed E-state index contributed by atoms with van der Waals surface area (Å²) in [7, 11) is 0. The molecule has 154 valence electrons. The van der Waals surface area contributed by atoms with E-state index in [9.17, 15) is 4.39 Å². The summed E-state index contributed by atoms with van der Waals surface area (Å²) in [6, 6.07) is 20.5. The second kappa shape index (κ2) is 9.05. The number of hydrogen-bond acceptors (Lipinski definition) is 4. The summed E-state index contributed by atoms with van der Waals surface area (Å²) in [5.74, 6) is 0.591. The van der Waals surface area contributed by atoms with Gasteiger partial charge in [-0.25, -0.2) is 9.37 Å². The minimum absolute atomic E-state index is 0.278. The molecule has 6 heteroatoms. The summed E-state index contributed by atoms with van der Waals surface area (Å²) in [6.45, 7) is 8.11. The topological polar surface area (TPSA) is 45.5 Å². The van der Waals surface area contributed by atoms with Gasteiger partial charge in [0.25, 0.3) is 0 Å². The SMILES string of the molecule is CCN(CC)CCNc1cc(-c2ccccc2)nc2cc(-c3cccc(F)c3)nn12. The van der Waals surface area contributed by atoms with Gasteiger partial charge in [-0.15, -0.1) is 0 Å². The highest BCUT2D eigenvalue weighted by Gasteiger charge is 2.13. The van der Waals surface area contributed by atoms with Gasteiger partial charge >= 0.3 is 0 Å². The van der Waals surface area contributed by atoms with Crippen molar-refractivity contribution in [3.63, 3.8) is 0 Å². The maximum absolute atomic E-state index is 13.7. The first-order valence-corrected chi connectivity index (χ1v) is 10.4. The Kier molecular flexibility index (Phi) is 6.05. The highest BCUT2D eigenvalue weighted by atomic mass is 19.1. The summed E-state index contributed by atoms with van der Waals surface area (Å²) in [5, 5.41) is 8.23. The van der Waals surface area contributed by atoms with Crippen molar-refractivity contribution >= 4 is 11.5 Å². The number of fused-ring (bicyclic) bond motifs is 1. The third-order valence-electron chi connectivity index (χ3n) is 5.25. The van der Waals surface area contributed by atoms with E-state index < -0.39 is 0 Å². The second-order valence-corrected chi connectivity index (χ2v) is 7.16. The van der Waals surface area contributed by atoms with E-state index in [2.05, 4.69) is 24.1 Å². The minimum Gasteiger partial charge on any atom is -0.369 e. The number of rotatable bonds is 8. The van der Waals surface area contributed by atoms with Crippen molar-refractivity contribution in [2.24, 2.45) is 0 Å². The molecule has 0 radical (unpaired) electrons. The molecule has 0 saturated carbocycles. The Labute approximate surface area is 176 Å². The molecule has 0 aliphatic rings. The lowest BCUT2D eigenvalue weighted by Crippen LogP contribution is -2.29. The van der Waals surface area contributed by atoms with Crippen LogP contribution >= 0.6 is 0 Å². The van der Waals surface area contributed by atoms with Gasteiger partial charge in [0.2, 0.25) is 0 Å². The lowest BCUT2D eigenvalue weighted by molar-refractivity contribution is 0.316. The molecule has 4 aromatic rings. The lowest BCUT2D eigenvalue weighted by Gasteiger charge is -2.18. The van der Waals surface area contributed by atoms with Gasteiger partial charge < -0.3 is 10.2 Å². The zero-order valence-electron chi connectivity index (χ0n) is 17.3. The molecule has 0 saturated heterocycles. The van der Waals surface area contributed by atoms with Crippen molar-refractivity contribution in [2.45, 2.75) is 13.8 Å². The zero-order chi connectivity index (χ0) is 20.9. The largest absolute Gasteiger partial charge is 0.369 e. The van der Waals surface area contributed by atoms with Gasteiger partial charge in [0.1, 0.15) is 11.6 Å². The molecule has 0 fully saturated rings. The van der Waals surface area contributed by atoms with Crippen molar-refractivity contribution in [3.05, 3.63) is 72.5 Å². The highest BCUT2D eigenvalue weighted by Crippen LogP contribution is 2.26. The monoisotopic (exact) mass is 403 g/mol. The maximum Gasteiger partial charge on any atom is 0.158 e. The van der Waals surface area contributed by atoms with E-state index in [1.54, 1.807) is 10.6 Å². The van der Waals surface area contributed by atoms with Crippen LogP contribution in [0.5, 0.6) is 0 Å². The molecule has 4 rings (SSSR count). The van der Waals surface area contributed by atoms with Gasteiger partial charge in [-0.05, 0) is 25.2 Å². The Morgan fingerprint density at radius 2 is 1.67 bits per heavy atom. The van der Waals surface area contributed by atoms with Gasteiger partial charge in [-0.1, -0.05) is 56.3 Å². The number of halogens is 1. The third-order valence-corrected chi connectivity index (χ3v) is 5.25. The fourth-order valence-electron chi connectivity index (χ4n) is 3.53. The van der Waals surface area contributed by atoms with Gasteiger partial charge in [0, 0.05) is 36.3 Å². The first-order valence-electron chi connectivity index (χ1n) is 10.4. The van der Waals surface area contributed by atoms with E-state index in [1.807, 2.05) is 48.5 Å². The molecular formula is C24H26FN5. The van der Waals surface area contributed by atoms with Gasteiger partial charge in [-0.2, -0.15) is 9.61 Å².